The van der Waals surface area contributed by atoms with E-state index in [1.54, 1.807) is 13.8 Å². The zero-order valence-electron chi connectivity index (χ0n) is 5.44. The van der Waals surface area contributed by atoms with Gasteiger partial charge in [-0.05, 0) is 13.8 Å². The molecule has 0 bridgehead atoms. The normalized spacial score (nSPS) is 11.2. The summed E-state index contributed by atoms with van der Waals surface area (Å²) in [4.78, 5) is 16.2. The predicted octanol–water partition coefficient (Wildman–Crippen LogP) is 0.666. The molecule has 0 heterocycles. The van der Waals surface area contributed by atoms with Gasteiger partial charge in [0.2, 0.25) is 0 Å². The summed E-state index contributed by atoms with van der Waals surface area (Å²) in [5.74, 6) is 0. The van der Waals surface area contributed by atoms with Gasteiger partial charge in [0.1, 0.15) is 0 Å². The maximum absolute atomic E-state index is 9.91. The molecule has 0 aromatic carbocycles. The van der Waals surface area contributed by atoms with Gasteiger partial charge in [0.15, 0.2) is 0 Å². The minimum atomic E-state index is -4.22. The summed E-state index contributed by atoms with van der Waals surface area (Å²) in [6.07, 6.45) is -0.421. The van der Waals surface area contributed by atoms with Gasteiger partial charge in [-0.1, -0.05) is 0 Å². The van der Waals surface area contributed by atoms with Crippen molar-refractivity contribution in [3.05, 3.63) is 0 Å². The van der Waals surface area contributed by atoms with Crippen molar-refractivity contribution in [2.45, 2.75) is 20.0 Å². The van der Waals surface area contributed by atoms with E-state index < -0.39 is 13.9 Å². The molecule has 5 nitrogen and oxygen atoms in total. The summed E-state index contributed by atoms with van der Waals surface area (Å²) in [6, 6.07) is 0. The molecule has 0 radical (unpaired) electrons. The quantitative estimate of drug-likeness (QED) is 0.511. The van der Waals surface area contributed by atoms with E-state index in [-0.39, 0.29) is 6.15 Å². The molecular weight excluding hydrogens is 145 g/mol. The van der Waals surface area contributed by atoms with Gasteiger partial charge >= 0.3 is 7.82 Å². The first-order valence-electron chi connectivity index (χ1n) is 2.16. The lowest BCUT2D eigenvalue weighted by Crippen LogP contribution is -1.98. The van der Waals surface area contributed by atoms with Gasteiger partial charge in [0, 0.05) is 0 Å². The van der Waals surface area contributed by atoms with Crippen LogP contribution in [0, 0.1) is 0 Å². The Morgan fingerprint density at radius 2 is 1.78 bits per heavy atom. The molecule has 0 fully saturated rings. The zero-order valence-corrected chi connectivity index (χ0v) is 6.34. The van der Waals surface area contributed by atoms with Crippen molar-refractivity contribution in [1.29, 1.82) is 0 Å². The molecule has 9 heavy (non-hydrogen) atoms. The number of rotatable bonds is 2. The van der Waals surface area contributed by atoms with Crippen molar-refractivity contribution < 1.29 is 18.9 Å². The van der Waals surface area contributed by atoms with E-state index in [0.717, 1.165) is 0 Å². The maximum atomic E-state index is 9.91. The summed E-state index contributed by atoms with van der Waals surface area (Å²) < 4.78 is 14.0. The van der Waals surface area contributed by atoms with Crippen LogP contribution in [-0.2, 0) is 9.09 Å². The number of phosphoric ester groups is 1. The molecule has 58 valence electrons. The summed E-state index contributed by atoms with van der Waals surface area (Å²) in [5, 5.41) is 0. The molecule has 0 unspecified atom stereocenters. The molecule has 0 saturated carbocycles. The Hall–Kier alpha value is 0.0700. The molecule has 0 aromatic rings. The van der Waals surface area contributed by atoms with Crippen LogP contribution in [0.25, 0.3) is 0 Å². The van der Waals surface area contributed by atoms with Gasteiger partial charge in [-0.25, -0.2) is 4.57 Å². The summed E-state index contributed by atoms with van der Waals surface area (Å²) >= 11 is 0. The topological polar surface area (TPSA) is 102 Å². The predicted molar refractivity (Wildman–Crippen MR) is 33.3 cm³/mol. The highest BCUT2D eigenvalue weighted by Crippen LogP contribution is 2.37. The highest BCUT2D eigenvalue weighted by Gasteiger charge is 2.14. The van der Waals surface area contributed by atoms with Crippen LogP contribution < -0.4 is 6.15 Å². The van der Waals surface area contributed by atoms with E-state index in [2.05, 4.69) is 4.52 Å². The first-order chi connectivity index (χ1) is 3.42. The standard InChI is InChI=1S/C3H9O4P.H3N/c1-3(2)7-8(4,5)6;/h3H,1-2H3,(H2,4,5,6);1H3. The van der Waals surface area contributed by atoms with Crippen LogP contribution in [0.5, 0.6) is 0 Å². The van der Waals surface area contributed by atoms with Crippen LogP contribution in [0.15, 0.2) is 0 Å². The molecule has 0 aliphatic carbocycles. The van der Waals surface area contributed by atoms with Gasteiger partial charge < -0.3 is 15.9 Å². The van der Waals surface area contributed by atoms with E-state index in [0.29, 0.717) is 0 Å². The largest absolute Gasteiger partial charge is 0.469 e. The Morgan fingerprint density at radius 1 is 1.44 bits per heavy atom. The third-order valence-electron chi connectivity index (χ3n) is 0.348. The summed E-state index contributed by atoms with van der Waals surface area (Å²) in [7, 11) is -4.22. The highest BCUT2D eigenvalue weighted by molar-refractivity contribution is 7.46. The Kier molecular flexibility index (Phi) is 5.22. The van der Waals surface area contributed by atoms with Crippen molar-refractivity contribution in [3.63, 3.8) is 0 Å². The van der Waals surface area contributed by atoms with E-state index in [1.165, 1.54) is 0 Å². The highest BCUT2D eigenvalue weighted by atomic mass is 31.2. The van der Waals surface area contributed by atoms with Crippen LogP contribution >= 0.6 is 7.82 Å². The molecule has 0 amide bonds. The van der Waals surface area contributed by atoms with Crippen LogP contribution in [0.3, 0.4) is 0 Å². The van der Waals surface area contributed by atoms with Crippen LogP contribution in [0.2, 0.25) is 0 Å². The van der Waals surface area contributed by atoms with E-state index in [9.17, 15) is 4.57 Å². The van der Waals surface area contributed by atoms with Crippen molar-refractivity contribution in [1.82, 2.24) is 6.15 Å². The number of hydrogen-bond acceptors (Lipinski definition) is 3. The van der Waals surface area contributed by atoms with Gasteiger partial charge in [-0.2, -0.15) is 0 Å². The molecule has 0 spiro atoms. The van der Waals surface area contributed by atoms with Gasteiger partial charge in [0.25, 0.3) is 0 Å². The average Bonchev–Trinajstić information content (AvgIpc) is 1.21. The lowest BCUT2D eigenvalue weighted by Gasteiger charge is -2.06. The third kappa shape index (κ3) is 11.6. The molecule has 0 aliphatic rings. The SMILES string of the molecule is CC(C)OP(=O)(O)O.N. The second kappa shape index (κ2) is 3.98. The minimum absolute atomic E-state index is 0. The van der Waals surface area contributed by atoms with Crippen LogP contribution in [0.1, 0.15) is 13.8 Å². The van der Waals surface area contributed by atoms with Crippen molar-refractivity contribution in [2.75, 3.05) is 0 Å². The van der Waals surface area contributed by atoms with Crippen molar-refractivity contribution in [3.8, 4) is 0 Å². The molecule has 6 heteroatoms. The fourth-order valence-electron chi connectivity index (χ4n) is 0.275. The molecule has 0 saturated heterocycles. The Labute approximate surface area is 53.9 Å². The maximum Gasteiger partial charge on any atom is 0.469 e. The van der Waals surface area contributed by atoms with Crippen LogP contribution in [0.4, 0.5) is 0 Å². The van der Waals surface area contributed by atoms with Gasteiger partial charge in [-0.15, -0.1) is 0 Å². The molecule has 5 N–H and O–H groups in total. The van der Waals surface area contributed by atoms with E-state index in [1.807, 2.05) is 0 Å². The first kappa shape index (κ1) is 11.8. The van der Waals surface area contributed by atoms with Crippen molar-refractivity contribution in [2.24, 2.45) is 0 Å². The second-order valence-electron chi connectivity index (χ2n) is 1.64. The summed E-state index contributed by atoms with van der Waals surface area (Å²) in [6.45, 7) is 3.11. The first-order valence-corrected chi connectivity index (χ1v) is 3.69. The zero-order chi connectivity index (χ0) is 6.78. The van der Waals surface area contributed by atoms with Crippen LogP contribution in [-0.4, -0.2) is 15.9 Å². The van der Waals surface area contributed by atoms with Gasteiger partial charge in [0.05, 0.1) is 6.10 Å². The van der Waals surface area contributed by atoms with E-state index in [4.69, 9.17) is 9.79 Å². The van der Waals surface area contributed by atoms with Crippen molar-refractivity contribution >= 4 is 7.82 Å². The second-order valence-corrected chi connectivity index (χ2v) is 2.84. The Balaban J connectivity index is 0. The fraction of sp³-hybridized carbons (Fsp3) is 1.00. The number of hydrogen-bond donors (Lipinski definition) is 3. The summed E-state index contributed by atoms with van der Waals surface area (Å²) in [5.41, 5.74) is 0. The average molecular weight is 157 g/mol. The molecule has 0 atom stereocenters. The molecular formula is C3H12NO4P. The number of phosphoric acid groups is 1. The smallest absolute Gasteiger partial charge is 0.344 e. The Bertz CT molecular complexity index is 108. The molecule has 0 rings (SSSR count). The fourth-order valence-corrected chi connectivity index (χ4v) is 0.824. The third-order valence-corrected chi connectivity index (χ3v) is 1.04. The lowest BCUT2D eigenvalue weighted by molar-refractivity contribution is 0.156. The monoisotopic (exact) mass is 157 g/mol. The molecule has 0 aliphatic heterocycles. The minimum Gasteiger partial charge on any atom is -0.344 e. The Morgan fingerprint density at radius 3 is 1.78 bits per heavy atom. The van der Waals surface area contributed by atoms with E-state index >= 15 is 0 Å². The van der Waals surface area contributed by atoms with Gasteiger partial charge in [-0.3, -0.25) is 4.52 Å². The lowest BCUT2D eigenvalue weighted by atomic mass is 10.5. The molecule has 0 aromatic heterocycles.